The van der Waals surface area contributed by atoms with E-state index in [1.807, 2.05) is 13.8 Å². The fraction of sp³-hybridized carbons (Fsp3) is 0.417. The molecular weight excluding hydrogens is 712 g/mol. The van der Waals surface area contributed by atoms with Gasteiger partial charge in [-0.05, 0) is 45.7 Å². The predicted molar refractivity (Wildman–Crippen MR) is 187 cm³/mol. The molecule has 0 radical (unpaired) electrons. The van der Waals surface area contributed by atoms with E-state index in [-0.39, 0.29) is 42.8 Å². The molecule has 1 fully saturated rings. The molecule has 3 aromatic rings. The first kappa shape index (κ1) is 37.8. The van der Waals surface area contributed by atoms with Crippen LogP contribution in [0.2, 0.25) is 0 Å². The number of esters is 1. The summed E-state index contributed by atoms with van der Waals surface area (Å²) in [5, 5.41) is 6.69. The third kappa shape index (κ3) is 7.33. The number of nitrogens with two attached hydrogens (primary N) is 1. The third-order valence-electron chi connectivity index (χ3n) is 9.71. The van der Waals surface area contributed by atoms with Gasteiger partial charge in [0.25, 0.3) is 11.8 Å². The van der Waals surface area contributed by atoms with Crippen molar-refractivity contribution in [2.45, 2.75) is 76.9 Å². The molecule has 3 aliphatic rings. The number of carbonyl (C=O) groups is 4. The van der Waals surface area contributed by atoms with Crippen LogP contribution in [0.4, 0.5) is 19.4 Å². The maximum Gasteiger partial charge on any atom is 0.418 e. The van der Waals surface area contributed by atoms with Crippen molar-refractivity contribution in [1.82, 2.24) is 19.8 Å². The standard InChI is InChI=1S/C36H39F2N7O9/c1-19-13-36(54-42-19)10-9-20(2)44-16-27(36)45-15-25(32(47)41-14-22-7-8-24(37)12-26(22)38)29(46)30(28(45)33(44)48)52-18-53-35(50)43(4)31-23(6-5-11-40-31)17-51-34(49)21(3)39/h5-8,11-12,15,20-21,27H,9-10,13-14,16-18,39H2,1-4H3,(H,41,47)/t20-,21-,27+,36-/m0/s1. The summed E-state index contributed by atoms with van der Waals surface area (Å²) < 4.78 is 45.7. The number of rotatable bonds is 10. The average molecular weight is 752 g/mol. The second-order valence-electron chi connectivity index (χ2n) is 13.5. The second kappa shape index (κ2) is 15.2. The molecule has 2 bridgehead atoms. The lowest BCUT2D eigenvalue weighted by atomic mass is 9.84. The van der Waals surface area contributed by atoms with Gasteiger partial charge in [0.1, 0.15) is 35.7 Å². The van der Waals surface area contributed by atoms with Gasteiger partial charge in [0.15, 0.2) is 11.3 Å². The fourth-order valence-electron chi connectivity index (χ4n) is 6.79. The van der Waals surface area contributed by atoms with Gasteiger partial charge >= 0.3 is 12.1 Å². The molecule has 1 saturated heterocycles. The maximum absolute atomic E-state index is 14.4. The summed E-state index contributed by atoms with van der Waals surface area (Å²) in [6.45, 7) is 3.82. The second-order valence-corrected chi connectivity index (χ2v) is 13.5. The summed E-state index contributed by atoms with van der Waals surface area (Å²) in [4.78, 5) is 79.9. The predicted octanol–water partition coefficient (Wildman–Crippen LogP) is 3.17. The minimum Gasteiger partial charge on any atom is -0.460 e. The third-order valence-corrected chi connectivity index (χ3v) is 9.71. The Labute approximate surface area is 307 Å². The first-order valence-corrected chi connectivity index (χ1v) is 17.1. The number of aromatic nitrogens is 2. The number of pyridine rings is 2. The molecule has 18 heteroatoms. The SMILES string of the molecule is CC1=NO[C@@]2(CC[C@H](C)N3C[C@H]2n2cc(C(=O)NCc4ccc(F)cc4F)c(=O)c(OCOC(=O)N(C)c4ncccc4COC(=O)[C@H](C)N)c2C3=O)C1. The molecule has 5 heterocycles. The van der Waals surface area contributed by atoms with Crippen LogP contribution < -0.4 is 26.1 Å². The minimum atomic E-state index is -1.000. The number of hydrogen-bond acceptors (Lipinski definition) is 12. The summed E-state index contributed by atoms with van der Waals surface area (Å²) in [7, 11) is 1.35. The highest BCUT2D eigenvalue weighted by atomic mass is 19.1. The van der Waals surface area contributed by atoms with Crippen LogP contribution in [0.3, 0.4) is 0 Å². The van der Waals surface area contributed by atoms with E-state index in [2.05, 4.69) is 15.5 Å². The Bertz CT molecular complexity index is 2090. The van der Waals surface area contributed by atoms with E-state index < -0.39 is 76.7 Å². The first-order chi connectivity index (χ1) is 25.7. The van der Waals surface area contributed by atoms with Crippen molar-refractivity contribution in [2.75, 3.05) is 25.3 Å². The van der Waals surface area contributed by atoms with Crippen molar-refractivity contribution in [3.8, 4) is 5.75 Å². The molecular formula is C36H39F2N7O9. The quantitative estimate of drug-likeness (QED) is 0.228. The van der Waals surface area contributed by atoms with Gasteiger partial charge in [-0.1, -0.05) is 17.3 Å². The zero-order valence-corrected chi connectivity index (χ0v) is 30.0. The van der Waals surface area contributed by atoms with Gasteiger partial charge in [-0.25, -0.2) is 18.6 Å². The van der Waals surface area contributed by atoms with Gasteiger partial charge in [-0.2, -0.15) is 0 Å². The number of oxime groups is 1. The zero-order chi connectivity index (χ0) is 38.9. The minimum absolute atomic E-state index is 0.0343. The average Bonchev–Trinajstić information content (AvgIpc) is 3.48. The lowest BCUT2D eigenvalue weighted by Crippen LogP contribution is -2.52. The molecule has 3 N–H and O–H groups in total. The summed E-state index contributed by atoms with van der Waals surface area (Å²) in [5.41, 5.74) is 4.05. The summed E-state index contributed by atoms with van der Waals surface area (Å²) in [6.07, 6.45) is 3.15. The molecule has 3 aliphatic heterocycles. The summed E-state index contributed by atoms with van der Waals surface area (Å²) in [5.74, 6) is -4.32. The number of nitrogens with zero attached hydrogens (tertiary/aromatic N) is 5. The Hall–Kier alpha value is -5.91. The number of ether oxygens (including phenoxy) is 3. The van der Waals surface area contributed by atoms with E-state index in [0.29, 0.717) is 30.9 Å². The van der Waals surface area contributed by atoms with E-state index in [9.17, 15) is 32.8 Å². The Morgan fingerprint density at radius 2 is 1.96 bits per heavy atom. The molecule has 286 valence electrons. The Balaban J connectivity index is 1.31. The van der Waals surface area contributed by atoms with Gasteiger partial charge in [-0.15, -0.1) is 0 Å². The van der Waals surface area contributed by atoms with Crippen molar-refractivity contribution < 1.29 is 47.0 Å². The topological polar surface area (TPSA) is 197 Å². The van der Waals surface area contributed by atoms with Gasteiger partial charge < -0.3 is 39.6 Å². The lowest BCUT2D eigenvalue weighted by molar-refractivity contribution is -0.146. The van der Waals surface area contributed by atoms with E-state index in [1.165, 1.54) is 30.9 Å². The van der Waals surface area contributed by atoms with Crippen molar-refractivity contribution in [3.05, 3.63) is 87.0 Å². The van der Waals surface area contributed by atoms with Crippen molar-refractivity contribution in [3.63, 3.8) is 0 Å². The molecule has 2 aromatic heterocycles. The van der Waals surface area contributed by atoms with Crippen LogP contribution in [0.1, 0.15) is 78.0 Å². The number of hydrogen-bond donors (Lipinski definition) is 2. The van der Waals surface area contributed by atoms with E-state index in [4.69, 9.17) is 24.8 Å². The number of benzene rings is 1. The molecule has 3 amide bonds. The Morgan fingerprint density at radius 1 is 1.19 bits per heavy atom. The monoisotopic (exact) mass is 751 g/mol. The van der Waals surface area contributed by atoms with Gasteiger partial charge in [0.05, 0.1) is 11.8 Å². The normalized spacial score (nSPS) is 20.6. The van der Waals surface area contributed by atoms with Crippen LogP contribution in [0, 0.1) is 11.6 Å². The maximum atomic E-state index is 14.4. The largest absolute Gasteiger partial charge is 0.460 e. The highest BCUT2D eigenvalue weighted by molar-refractivity contribution is 5.99. The Morgan fingerprint density at radius 3 is 2.67 bits per heavy atom. The first-order valence-electron chi connectivity index (χ1n) is 17.1. The molecule has 1 aromatic carbocycles. The number of halogens is 2. The molecule has 0 aliphatic carbocycles. The smallest absolute Gasteiger partial charge is 0.418 e. The van der Waals surface area contributed by atoms with Gasteiger partial charge in [0.2, 0.25) is 18.0 Å². The van der Waals surface area contributed by atoms with Gasteiger partial charge in [-0.3, -0.25) is 24.1 Å². The molecule has 54 heavy (non-hydrogen) atoms. The van der Waals surface area contributed by atoms with Crippen LogP contribution in [0.15, 0.2) is 52.7 Å². The number of amides is 3. The summed E-state index contributed by atoms with van der Waals surface area (Å²) >= 11 is 0. The van der Waals surface area contributed by atoms with Crippen LogP contribution >= 0.6 is 0 Å². The molecule has 0 saturated carbocycles. The molecule has 16 nitrogen and oxygen atoms in total. The summed E-state index contributed by atoms with van der Waals surface area (Å²) in [6, 6.07) is 4.26. The van der Waals surface area contributed by atoms with Crippen molar-refractivity contribution in [2.24, 2.45) is 10.9 Å². The molecule has 4 atom stereocenters. The number of carbonyl (C=O) groups excluding carboxylic acids is 4. The van der Waals surface area contributed by atoms with Crippen LogP contribution in [0.25, 0.3) is 0 Å². The van der Waals surface area contributed by atoms with Gasteiger partial charge in [0, 0.05) is 62.2 Å². The fourth-order valence-corrected chi connectivity index (χ4v) is 6.79. The number of fused-ring (bicyclic) bond motifs is 5. The van der Waals surface area contributed by atoms with Crippen LogP contribution in [-0.4, -0.2) is 82.1 Å². The molecule has 0 unspecified atom stereocenters. The van der Waals surface area contributed by atoms with E-state index >= 15 is 0 Å². The van der Waals surface area contributed by atoms with Crippen LogP contribution in [-0.2, 0) is 32.3 Å². The molecule has 1 spiro atoms. The van der Waals surface area contributed by atoms with Crippen molar-refractivity contribution >= 4 is 35.4 Å². The highest BCUT2D eigenvalue weighted by Crippen LogP contribution is 2.46. The Kier molecular flexibility index (Phi) is 10.7. The highest BCUT2D eigenvalue weighted by Gasteiger charge is 2.54. The van der Waals surface area contributed by atoms with Crippen LogP contribution in [0.5, 0.6) is 5.75 Å². The number of anilines is 1. The molecule has 6 rings (SSSR count). The van der Waals surface area contributed by atoms with Crippen molar-refractivity contribution in [1.29, 1.82) is 0 Å². The lowest BCUT2D eigenvalue weighted by Gasteiger charge is -2.42. The van der Waals surface area contributed by atoms with E-state index in [0.717, 1.165) is 22.7 Å². The van der Waals surface area contributed by atoms with E-state index in [1.54, 1.807) is 17.0 Å². The zero-order valence-electron chi connectivity index (χ0n) is 30.0. The number of nitrogens with one attached hydrogen (secondary N) is 1.